The van der Waals surface area contributed by atoms with E-state index in [1.165, 1.54) is 13.1 Å². The largest absolute Gasteiger partial charge is 0.331 e. The van der Waals surface area contributed by atoms with Crippen LogP contribution >= 0.6 is 0 Å². The van der Waals surface area contributed by atoms with Crippen LogP contribution in [0, 0.1) is 0 Å². The summed E-state index contributed by atoms with van der Waals surface area (Å²) < 4.78 is 0. The predicted molar refractivity (Wildman–Crippen MR) is 32.7 cm³/mol. The van der Waals surface area contributed by atoms with Crippen molar-refractivity contribution in [3.8, 4) is 0 Å². The number of hydrogen-bond acceptors (Lipinski definition) is 5. The highest BCUT2D eigenvalue weighted by molar-refractivity contribution is 5.70. The second kappa shape index (κ2) is 2.91. The van der Waals surface area contributed by atoms with Crippen LogP contribution in [0.3, 0.4) is 0 Å². The Morgan fingerprint density at radius 3 is 3.00 bits per heavy atom. The summed E-state index contributed by atoms with van der Waals surface area (Å²) in [6, 6.07) is 0. The molecule has 1 rings (SSSR count). The van der Waals surface area contributed by atoms with Crippen LogP contribution in [0.4, 0.5) is 0 Å². The second-order valence-electron chi connectivity index (χ2n) is 1.75. The van der Waals surface area contributed by atoms with Crippen molar-refractivity contribution in [2.75, 3.05) is 0 Å². The molecule has 0 unspecified atom stereocenters. The molecule has 0 amide bonds. The van der Waals surface area contributed by atoms with E-state index in [0.29, 0.717) is 6.29 Å². The molecular weight excluding hydrogens is 150 g/mol. The highest BCUT2D eigenvalue weighted by Gasteiger charge is 2.00. The summed E-state index contributed by atoms with van der Waals surface area (Å²) >= 11 is 0. The van der Waals surface area contributed by atoms with E-state index in [2.05, 4.69) is 15.1 Å². The quantitative estimate of drug-likeness (QED) is 0.407. The Labute approximate surface area is 61.7 Å². The molecule has 0 atom stereocenters. The van der Waals surface area contributed by atoms with Gasteiger partial charge in [0.1, 0.15) is 5.69 Å². The van der Waals surface area contributed by atoms with E-state index in [0.717, 1.165) is 4.85 Å². The zero-order chi connectivity index (χ0) is 8.27. The number of aldehydes is 1. The Kier molecular flexibility index (Phi) is 1.95. The molecule has 0 fully saturated rings. The van der Waals surface area contributed by atoms with Crippen LogP contribution < -0.4 is 4.84 Å². The molecule has 0 saturated heterocycles. The van der Waals surface area contributed by atoms with Crippen LogP contribution in [0.2, 0.25) is 0 Å². The van der Waals surface area contributed by atoms with E-state index in [1.807, 2.05) is 0 Å². The normalized spacial score (nSPS) is 9.18. The molecule has 11 heavy (non-hydrogen) atoms. The first-order valence-electron chi connectivity index (χ1n) is 2.79. The first kappa shape index (κ1) is 7.39. The fourth-order valence-electron chi connectivity index (χ4n) is 0.491. The Morgan fingerprint density at radius 1 is 1.82 bits per heavy atom. The van der Waals surface area contributed by atoms with Gasteiger partial charge in [-0.3, -0.25) is 4.79 Å². The van der Waals surface area contributed by atoms with Crippen molar-refractivity contribution >= 4 is 12.3 Å². The average Bonchev–Trinajstić information content (AvgIpc) is 2.34. The maximum Gasteiger partial charge on any atom is 0.331 e. The maximum absolute atomic E-state index is 10.3. The first-order chi connectivity index (χ1) is 5.22. The van der Waals surface area contributed by atoms with Crippen molar-refractivity contribution in [1.82, 2.24) is 15.2 Å². The monoisotopic (exact) mass is 155 g/mol. The highest BCUT2D eigenvalue weighted by atomic mass is 16.7. The third-order valence-corrected chi connectivity index (χ3v) is 0.834. The van der Waals surface area contributed by atoms with Gasteiger partial charge in [0.2, 0.25) is 0 Å². The summed E-state index contributed by atoms with van der Waals surface area (Å²) in [7, 11) is 0. The molecule has 0 aliphatic rings. The summed E-state index contributed by atoms with van der Waals surface area (Å²) in [5.74, 6) is -0.521. The maximum atomic E-state index is 10.3. The van der Waals surface area contributed by atoms with Crippen LogP contribution in [0.1, 0.15) is 17.4 Å². The number of rotatable bonds is 2. The Bertz CT molecular complexity index is 280. The number of hydrogen-bond donors (Lipinski definition) is 0. The summed E-state index contributed by atoms with van der Waals surface area (Å²) in [4.78, 5) is 25.6. The minimum atomic E-state index is -0.521. The highest BCUT2D eigenvalue weighted by Crippen LogP contribution is 1.84. The van der Waals surface area contributed by atoms with Gasteiger partial charge >= 0.3 is 5.97 Å². The van der Waals surface area contributed by atoms with Crippen LogP contribution in [0.25, 0.3) is 0 Å². The average molecular weight is 155 g/mol. The molecule has 0 saturated carbocycles. The first-order valence-corrected chi connectivity index (χ1v) is 2.79. The predicted octanol–water partition coefficient (Wildman–Crippen LogP) is -0.934. The lowest BCUT2D eigenvalue weighted by Crippen LogP contribution is -2.16. The van der Waals surface area contributed by atoms with E-state index < -0.39 is 5.97 Å². The van der Waals surface area contributed by atoms with Crippen LogP contribution in [0.15, 0.2) is 6.20 Å². The molecule has 0 aliphatic carbocycles. The van der Waals surface area contributed by atoms with E-state index in [4.69, 9.17) is 0 Å². The molecule has 1 aromatic rings. The van der Waals surface area contributed by atoms with Gasteiger partial charge in [0.25, 0.3) is 0 Å². The molecular formula is C5H5N3O3. The van der Waals surface area contributed by atoms with Crippen molar-refractivity contribution in [3.63, 3.8) is 0 Å². The van der Waals surface area contributed by atoms with Crippen LogP contribution in [0.5, 0.6) is 0 Å². The molecule has 0 spiro atoms. The zero-order valence-corrected chi connectivity index (χ0v) is 5.72. The van der Waals surface area contributed by atoms with E-state index in [1.54, 1.807) is 0 Å². The van der Waals surface area contributed by atoms with Crippen LogP contribution in [-0.4, -0.2) is 27.4 Å². The minimum Gasteiger partial charge on any atom is -0.318 e. The van der Waals surface area contributed by atoms with E-state index in [9.17, 15) is 9.59 Å². The fraction of sp³-hybridized carbons (Fsp3) is 0.200. The lowest BCUT2D eigenvalue weighted by molar-refractivity contribution is -0.143. The van der Waals surface area contributed by atoms with Crippen LogP contribution in [-0.2, 0) is 4.79 Å². The molecule has 6 nitrogen and oxygen atoms in total. The zero-order valence-electron chi connectivity index (χ0n) is 5.72. The van der Waals surface area contributed by atoms with Gasteiger partial charge in [-0.25, -0.2) is 4.79 Å². The van der Waals surface area contributed by atoms with Crippen molar-refractivity contribution < 1.29 is 14.4 Å². The Hall–Kier alpha value is -1.72. The van der Waals surface area contributed by atoms with Gasteiger partial charge in [-0.15, -0.1) is 5.10 Å². The van der Waals surface area contributed by atoms with Gasteiger partial charge in [0, 0.05) is 6.92 Å². The summed E-state index contributed by atoms with van der Waals surface area (Å²) in [5, 5.41) is 6.67. The summed E-state index contributed by atoms with van der Waals surface area (Å²) in [6.45, 7) is 1.22. The molecule has 0 bridgehead atoms. The molecule has 58 valence electrons. The van der Waals surface area contributed by atoms with Gasteiger partial charge in [0.15, 0.2) is 6.29 Å². The summed E-state index contributed by atoms with van der Waals surface area (Å²) in [6.07, 6.45) is 1.71. The SMILES string of the molecule is CC(=O)On1cc(C=O)nn1. The van der Waals surface area contributed by atoms with Crippen molar-refractivity contribution in [1.29, 1.82) is 0 Å². The third kappa shape index (κ3) is 1.85. The summed E-state index contributed by atoms with van der Waals surface area (Å²) in [5.41, 5.74) is 0.117. The molecule has 0 aliphatic heterocycles. The third-order valence-electron chi connectivity index (χ3n) is 0.834. The molecule has 1 heterocycles. The Morgan fingerprint density at radius 2 is 2.55 bits per heavy atom. The minimum absolute atomic E-state index is 0.117. The lowest BCUT2D eigenvalue weighted by Gasteiger charge is -1.93. The van der Waals surface area contributed by atoms with Gasteiger partial charge in [-0.05, 0) is 5.21 Å². The van der Waals surface area contributed by atoms with E-state index in [-0.39, 0.29) is 5.69 Å². The van der Waals surface area contributed by atoms with E-state index >= 15 is 0 Å². The second-order valence-corrected chi connectivity index (χ2v) is 1.75. The molecule has 1 aromatic heterocycles. The molecule has 0 aromatic carbocycles. The standard InChI is InChI=1S/C5H5N3O3/c1-4(10)11-8-2-5(3-9)6-7-8/h2-3H,1H3. The van der Waals surface area contributed by atoms with Gasteiger partial charge in [-0.1, -0.05) is 4.85 Å². The number of carbonyl (C=O) groups excluding carboxylic acids is 2. The van der Waals surface area contributed by atoms with Gasteiger partial charge in [-0.2, -0.15) is 0 Å². The fourth-order valence-corrected chi connectivity index (χ4v) is 0.491. The van der Waals surface area contributed by atoms with Gasteiger partial charge < -0.3 is 4.84 Å². The topological polar surface area (TPSA) is 74.1 Å². The van der Waals surface area contributed by atoms with Gasteiger partial charge in [0.05, 0.1) is 6.20 Å². The number of carbonyl (C=O) groups is 2. The molecule has 6 heteroatoms. The lowest BCUT2D eigenvalue weighted by atomic mass is 10.6. The van der Waals surface area contributed by atoms with Crippen molar-refractivity contribution in [3.05, 3.63) is 11.9 Å². The molecule has 0 N–H and O–H groups in total. The number of nitrogens with zero attached hydrogens (tertiary/aromatic N) is 3. The van der Waals surface area contributed by atoms with Crippen molar-refractivity contribution in [2.24, 2.45) is 0 Å². The Balaban J connectivity index is 2.72. The van der Waals surface area contributed by atoms with Crippen molar-refractivity contribution in [2.45, 2.75) is 6.92 Å². The molecule has 0 radical (unpaired) electrons. The smallest absolute Gasteiger partial charge is 0.318 e. The number of aromatic nitrogens is 3.